The van der Waals surface area contributed by atoms with E-state index in [0.717, 1.165) is 25.3 Å². The molecule has 0 bridgehead atoms. The van der Waals surface area contributed by atoms with Crippen LogP contribution in [0.2, 0.25) is 0 Å². The SMILES string of the molecule is CS[C@H]1OC([C@H](NC(=O)[C@@H]2C[C@H](CC3CCC3)CCN2)C(C)C)[C@H](O)[C@H](O)[C@H]1O. The first-order valence-corrected chi connectivity index (χ1v) is 12.4. The zero-order chi connectivity index (χ0) is 21.1. The molecular weight excluding hydrogens is 392 g/mol. The fourth-order valence-corrected chi connectivity index (χ4v) is 5.55. The second-order valence-electron chi connectivity index (χ2n) is 9.38. The number of aliphatic hydroxyl groups excluding tert-OH is 3. The minimum Gasteiger partial charge on any atom is -0.388 e. The van der Waals surface area contributed by atoms with Gasteiger partial charge in [0.1, 0.15) is 29.9 Å². The number of nitrogens with one attached hydrogen (secondary N) is 2. The number of hydrogen-bond acceptors (Lipinski definition) is 7. The zero-order valence-electron chi connectivity index (χ0n) is 17.8. The van der Waals surface area contributed by atoms with E-state index < -0.39 is 35.9 Å². The molecule has 0 radical (unpaired) electrons. The maximum absolute atomic E-state index is 13.0. The maximum Gasteiger partial charge on any atom is 0.237 e. The Balaban J connectivity index is 1.62. The van der Waals surface area contributed by atoms with Crippen LogP contribution < -0.4 is 10.6 Å². The Bertz CT molecular complexity index is 545. The molecule has 1 amide bonds. The third-order valence-electron chi connectivity index (χ3n) is 6.94. The van der Waals surface area contributed by atoms with E-state index in [4.69, 9.17) is 4.74 Å². The molecule has 0 aromatic heterocycles. The molecule has 8 atom stereocenters. The Morgan fingerprint density at radius 1 is 1.14 bits per heavy atom. The molecule has 2 heterocycles. The molecule has 3 aliphatic rings. The number of aliphatic hydroxyl groups is 3. The van der Waals surface area contributed by atoms with E-state index in [0.29, 0.717) is 5.92 Å². The Morgan fingerprint density at radius 3 is 2.45 bits per heavy atom. The lowest BCUT2D eigenvalue weighted by Gasteiger charge is -2.44. The van der Waals surface area contributed by atoms with E-state index in [9.17, 15) is 20.1 Å². The molecule has 1 aliphatic carbocycles. The molecule has 1 unspecified atom stereocenters. The predicted octanol–water partition coefficient (Wildman–Crippen LogP) is 0.856. The summed E-state index contributed by atoms with van der Waals surface area (Å²) in [7, 11) is 0. The van der Waals surface area contributed by atoms with Crippen molar-refractivity contribution in [1.82, 2.24) is 10.6 Å². The Morgan fingerprint density at radius 2 is 1.86 bits per heavy atom. The van der Waals surface area contributed by atoms with Crippen LogP contribution in [0.3, 0.4) is 0 Å². The molecule has 2 aliphatic heterocycles. The molecular formula is C21H38N2O5S. The van der Waals surface area contributed by atoms with Crippen LogP contribution in [-0.2, 0) is 9.53 Å². The molecule has 0 aromatic carbocycles. The number of carbonyl (C=O) groups excluding carboxylic acids is 1. The van der Waals surface area contributed by atoms with E-state index >= 15 is 0 Å². The van der Waals surface area contributed by atoms with Gasteiger partial charge in [-0.1, -0.05) is 33.1 Å². The van der Waals surface area contributed by atoms with Gasteiger partial charge in [0.25, 0.3) is 0 Å². The van der Waals surface area contributed by atoms with Gasteiger partial charge in [-0.25, -0.2) is 0 Å². The minimum absolute atomic E-state index is 0.00193. The van der Waals surface area contributed by atoms with E-state index in [1.807, 2.05) is 13.8 Å². The van der Waals surface area contributed by atoms with E-state index in [1.54, 1.807) is 6.26 Å². The second-order valence-corrected chi connectivity index (χ2v) is 10.3. The lowest BCUT2D eigenvalue weighted by molar-refractivity contribution is -0.208. The Hall–Kier alpha value is -0.380. The topological polar surface area (TPSA) is 111 Å². The van der Waals surface area contributed by atoms with Crippen molar-refractivity contribution < 1.29 is 24.9 Å². The highest BCUT2D eigenvalue weighted by Gasteiger charge is 2.47. The van der Waals surface area contributed by atoms with Gasteiger partial charge in [-0.15, -0.1) is 11.8 Å². The van der Waals surface area contributed by atoms with Gasteiger partial charge >= 0.3 is 0 Å². The lowest BCUT2D eigenvalue weighted by atomic mass is 9.75. The Kier molecular flexibility index (Phi) is 8.26. The van der Waals surface area contributed by atoms with Crippen LogP contribution in [0.4, 0.5) is 0 Å². The molecule has 3 fully saturated rings. The summed E-state index contributed by atoms with van der Waals surface area (Å²) >= 11 is 1.28. The van der Waals surface area contributed by atoms with Gasteiger partial charge in [-0.3, -0.25) is 4.79 Å². The summed E-state index contributed by atoms with van der Waals surface area (Å²) in [5.74, 6) is 1.36. The summed E-state index contributed by atoms with van der Waals surface area (Å²) in [6, 6.07) is -0.689. The number of piperidine rings is 1. The van der Waals surface area contributed by atoms with Crippen LogP contribution in [0.5, 0.6) is 0 Å². The van der Waals surface area contributed by atoms with Crippen molar-refractivity contribution in [3.63, 3.8) is 0 Å². The standard InChI is InChI=1S/C21H38N2O5S/c1-11(2)15(19-17(25)16(24)18(26)21(28-19)29-3)23-20(27)14-10-13(7-8-22-14)9-12-5-4-6-12/h11-19,21-22,24-26H,4-10H2,1-3H3,(H,23,27)/t13-,14-,15+,16-,17+,18+,19?,21+/m0/s1. The van der Waals surface area contributed by atoms with Crippen molar-refractivity contribution in [3.05, 3.63) is 0 Å². The molecule has 8 heteroatoms. The quantitative estimate of drug-likeness (QED) is 0.407. The smallest absolute Gasteiger partial charge is 0.237 e. The van der Waals surface area contributed by atoms with Gasteiger partial charge in [0.15, 0.2) is 0 Å². The van der Waals surface area contributed by atoms with Gasteiger partial charge < -0.3 is 30.7 Å². The number of amides is 1. The van der Waals surface area contributed by atoms with Crippen LogP contribution in [0.25, 0.3) is 0 Å². The lowest BCUT2D eigenvalue weighted by Crippen LogP contribution is -2.65. The molecule has 168 valence electrons. The number of ether oxygens (including phenoxy) is 1. The van der Waals surface area contributed by atoms with Crippen molar-refractivity contribution in [1.29, 1.82) is 0 Å². The van der Waals surface area contributed by atoms with Crippen LogP contribution in [-0.4, -0.2) is 76.0 Å². The summed E-state index contributed by atoms with van der Waals surface area (Å²) in [6.45, 7) is 4.77. The number of hydrogen-bond donors (Lipinski definition) is 5. The van der Waals surface area contributed by atoms with E-state index in [-0.39, 0.29) is 17.9 Å². The first kappa shape index (κ1) is 23.3. The number of rotatable bonds is 7. The molecule has 0 spiro atoms. The average Bonchev–Trinajstić information content (AvgIpc) is 2.68. The summed E-state index contributed by atoms with van der Waals surface area (Å²) in [4.78, 5) is 13.0. The molecule has 29 heavy (non-hydrogen) atoms. The van der Waals surface area contributed by atoms with E-state index in [2.05, 4.69) is 10.6 Å². The predicted molar refractivity (Wildman–Crippen MR) is 113 cm³/mol. The normalized spacial score (nSPS) is 39.8. The second kappa shape index (κ2) is 10.3. The summed E-state index contributed by atoms with van der Waals surface area (Å²) in [6.07, 6.45) is 4.49. The fourth-order valence-electron chi connectivity index (χ4n) is 4.87. The molecule has 3 rings (SSSR count). The maximum atomic E-state index is 13.0. The third-order valence-corrected chi connectivity index (χ3v) is 7.79. The van der Waals surface area contributed by atoms with Crippen molar-refractivity contribution in [2.24, 2.45) is 17.8 Å². The van der Waals surface area contributed by atoms with Crippen molar-refractivity contribution in [2.45, 2.75) is 94.3 Å². The van der Waals surface area contributed by atoms with Crippen LogP contribution in [0.1, 0.15) is 52.4 Å². The highest BCUT2D eigenvalue weighted by molar-refractivity contribution is 7.99. The first-order valence-electron chi connectivity index (χ1n) is 11.1. The fraction of sp³-hybridized carbons (Fsp3) is 0.952. The van der Waals surface area contributed by atoms with Crippen molar-refractivity contribution in [2.75, 3.05) is 12.8 Å². The molecule has 7 nitrogen and oxygen atoms in total. The molecule has 0 aromatic rings. The Labute approximate surface area is 178 Å². The molecule has 5 N–H and O–H groups in total. The average molecular weight is 431 g/mol. The number of carbonyl (C=O) groups is 1. The summed E-state index contributed by atoms with van der Waals surface area (Å²) < 4.78 is 5.91. The third kappa shape index (κ3) is 5.46. The highest BCUT2D eigenvalue weighted by Crippen LogP contribution is 2.35. The van der Waals surface area contributed by atoms with Gasteiger partial charge in [0, 0.05) is 0 Å². The molecule has 1 saturated carbocycles. The largest absolute Gasteiger partial charge is 0.388 e. The van der Waals surface area contributed by atoms with Crippen LogP contribution >= 0.6 is 11.8 Å². The van der Waals surface area contributed by atoms with E-state index in [1.165, 1.54) is 37.4 Å². The summed E-state index contributed by atoms with van der Waals surface area (Å²) in [5.41, 5.74) is -0.642. The molecule has 2 saturated heterocycles. The van der Waals surface area contributed by atoms with Crippen LogP contribution in [0, 0.1) is 17.8 Å². The highest BCUT2D eigenvalue weighted by atomic mass is 32.2. The monoisotopic (exact) mass is 430 g/mol. The minimum atomic E-state index is -1.30. The zero-order valence-corrected chi connectivity index (χ0v) is 18.6. The summed E-state index contributed by atoms with van der Waals surface area (Å²) in [5, 5.41) is 37.3. The first-order chi connectivity index (χ1) is 13.8. The van der Waals surface area contributed by atoms with Gasteiger partial charge in [-0.2, -0.15) is 0 Å². The van der Waals surface area contributed by atoms with Gasteiger partial charge in [0.2, 0.25) is 5.91 Å². The van der Waals surface area contributed by atoms with Crippen molar-refractivity contribution >= 4 is 17.7 Å². The van der Waals surface area contributed by atoms with Gasteiger partial charge in [-0.05, 0) is 49.8 Å². The van der Waals surface area contributed by atoms with Crippen LogP contribution in [0.15, 0.2) is 0 Å². The van der Waals surface area contributed by atoms with Crippen molar-refractivity contribution in [3.8, 4) is 0 Å². The number of thioether (sulfide) groups is 1. The van der Waals surface area contributed by atoms with Gasteiger partial charge in [0.05, 0.1) is 12.1 Å².